The summed E-state index contributed by atoms with van der Waals surface area (Å²) < 4.78 is 16.7. The highest BCUT2D eigenvalue weighted by Crippen LogP contribution is 2.34. The lowest BCUT2D eigenvalue weighted by Crippen LogP contribution is -2.33. The van der Waals surface area contributed by atoms with Gasteiger partial charge in [-0.3, -0.25) is 9.59 Å². The van der Waals surface area contributed by atoms with Crippen molar-refractivity contribution in [3.05, 3.63) is 65.8 Å². The lowest BCUT2D eigenvalue weighted by Gasteiger charge is -2.17. The molecule has 1 aromatic heterocycles. The summed E-state index contributed by atoms with van der Waals surface area (Å²) in [5.41, 5.74) is 1.20. The van der Waals surface area contributed by atoms with Gasteiger partial charge in [0.15, 0.2) is 17.3 Å². The van der Waals surface area contributed by atoms with E-state index in [2.05, 4.69) is 10.1 Å². The zero-order valence-electron chi connectivity index (χ0n) is 19.6. The maximum absolute atomic E-state index is 13.1. The number of hydrogen-bond acceptors (Lipinski definition) is 8. The van der Waals surface area contributed by atoms with Crippen molar-refractivity contribution in [3.8, 4) is 11.5 Å². The number of anilines is 1. The fourth-order valence-corrected chi connectivity index (χ4v) is 3.50. The van der Waals surface area contributed by atoms with Crippen LogP contribution in [0.1, 0.15) is 44.0 Å². The maximum atomic E-state index is 13.1. The molecule has 35 heavy (non-hydrogen) atoms. The molecule has 182 valence electrons. The van der Waals surface area contributed by atoms with Crippen molar-refractivity contribution >= 4 is 23.5 Å². The molecule has 1 saturated heterocycles. The molecular formula is C25H26N4O6. The number of hydrogen-bond donors (Lipinski definition) is 0. The van der Waals surface area contributed by atoms with Crippen molar-refractivity contribution in [2.24, 2.45) is 0 Å². The van der Waals surface area contributed by atoms with Crippen LogP contribution in [0, 0.1) is 0 Å². The standard InChI is InChI=1S/C25H26N4O6/c1-3-12-33-19-11-10-18(15-20(19)34-13-4-2)29-24(31)23(30)28(25(29)32)16-22-26-21(27-35-22)14-17-8-6-5-7-9-17/h5-11,15H,3-4,12-14,16H2,1-2H3. The summed E-state index contributed by atoms with van der Waals surface area (Å²) in [5, 5.41) is 3.91. The number of ether oxygens (including phenoxy) is 2. The van der Waals surface area contributed by atoms with Gasteiger partial charge < -0.3 is 14.0 Å². The Hall–Kier alpha value is -4.21. The number of aromatic nitrogens is 2. The van der Waals surface area contributed by atoms with E-state index in [1.807, 2.05) is 44.2 Å². The average Bonchev–Trinajstić information content (AvgIpc) is 3.39. The summed E-state index contributed by atoms with van der Waals surface area (Å²) in [6.45, 7) is 4.56. The number of benzene rings is 2. The Morgan fingerprint density at radius 1 is 0.886 bits per heavy atom. The van der Waals surface area contributed by atoms with Crippen molar-refractivity contribution in [1.29, 1.82) is 0 Å². The van der Waals surface area contributed by atoms with E-state index in [1.54, 1.807) is 12.1 Å². The number of urea groups is 1. The molecule has 1 aliphatic rings. The molecule has 0 radical (unpaired) electrons. The molecule has 10 nitrogen and oxygen atoms in total. The Kier molecular flexibility index (Phi) is 7.39. The molecule has 1 fully saturated rings. The Bertz CT molecular complexity index is 1210. The zero-order valence-corrected chi connectivity index (χ0v) is 19.6. The Morgan fingerprint density at radius 2 is 1.60 bits per heavy atom. The number of rotatable bonds is 11. The second-order valence-corrected chi connectivity index (χ2v) is 7.91. The summed E-state index contributed by atoms with van der Waals surface area (Å²) in [6.07, 6.45) is 2.01. The molecule has 2 heterocycles. The van der Waals surface area contributed by atoms with Crippen molar-refractivity contribution in [1.82, 2.24) is 15.0 Å². The SMILES string of the molecule is CCCOc1ccc(N2C(=O)C(=O)N(Cc3nc(Cc4ccccc4)no3)C2=O)cc1OCCC. The number of carbonyl (C=O) groups excluding carboxylic acids is 3. The van der Waals surface area contributed by atoms with Crippen LogP contribution in [-0.2, 0) is 22.6 Å². The lowest BCUT2D eigenvalue weighted by atomic mass is 10.1. The smallest absolute Gasteiger partial charge is 0.339 e. The summed E-state index contributed by atoms with van der Waals surface area (Å²) in [5.74, 6) is -0.575. The number of nitrogens with zero attached hydrogens (tertiary/aromatic N) is 4. The second kappa shape index (κ2) is 10.8. The average molecular weight is 479 g/mol. The van der Waals surface area contributed by atoms with Gasteiger partial charge in [0.25, 0.3) is 0 Å². The Labute approximate surface area is 202 Å². The highest BCUT2D eigenvalue weighted by atomic mass is 16.5. The van der Waals surface area contributed by atoms with Crippen LogP contribution in [0.5, 0.6) is 11.5 Å². The minimum atomic E-state index is -0.972. The first-order valence-electron chi connectivity index (χ1n) is 11.5. The van der Waals surface area contributed by atoms with Gasteiger partial charge in [-0.2, -0.15) is 4.98 Å². The van der Waals surface area contributed by atoms with Gasteiger partial charge in [-0.05, 0) is 30.5 Å². The van der Waals surface area contributed by atoms with Crippen molar-refractivity contribution in [3.63, 3.8) is 0 Å². The second-order valence-electron chi connectivity index (χ2n) is 7.91. The molecule has 0 saturated carbocycles. The third-order valence-corrected chi connectivity index (χ3v) is 5.17. The molecule has 3 aromatic rings. The molecule has 0 unspecified atom stereocenters. The summed E-state index contributed by atoms with van der Waals surface area (Å²) >= 11 is 0. The molecule has 1 aliphatic heterocycles. The van der Waals surface area contributed by atoms with Gasteiger partial charge in [-0.15, -0.1) is 0 Å². The van der Waals surface area contributed by atoms with Crippen molar-refractivity contribution in [2.45, 2.75) is 39.7 Å². The van der Waals surface area contributed by atoms with Crippen molar-refractivity contribution < 1.29 is 28.4 Å². The van der Waals surface area contributed by atoms with Gasteiger partial charge in [0, 0.05) is 12.5 Å². The van der Waals surface area contributed by atoms with E-state index in [0.29, 0.717) is 37.0 Å². The van der Waals surface area contributed by atoms with Crippen LogP contribution in [0.25, 0.3) is 0 Å². The number of carbonyl (C=O) groups is 3. The van der Waals surface area contributed by atoms with E-state index in [0.717, 1.165) is 28.2 Å². The third kappa shape index (κ3) is 5.32. The topological polar surface area (TPSA) is 115 Å². The zero-order chi connectivity index (χ0) is 24.8. The molecular weight excluding hydrogens is 452 g/mol. The van der Waals surface area contributed by atoms with E-state index < -0.39 is 17.8 Å². The molecule has 0 bridgehead atoms. The maximum Gasteiger partial charge on any atom is 0.339 e. The van der Waals surface area contributed by atoms with Gasteiger partial charge in [-0.1, -0.05) is 49.3 Å². The van der Waals surface area contributed by atoms with E-state index in [1.165, 1.54) is 6.07 Å². The van der Waals surface area contributed by atoms with Gasteiger partial charge in [0.1, 0.15) is 6.54 Å². The highest BCUT2D eigenvalue weighted by Gasteiger charge is 2.46. The molecule has 4 amide bonds. The first kappa shape index (κ1) is 23.9. The van der Waals surface area contributed by atoms with Crippen LogP contribution < -0.4 is 14.4 Å². The van der Waals surface area contributed by atoms with E-state index >= 15 is 0 Å². The molecule has 4 rings (SSSR count). The van der Waals surface area contributed by atoms with Crippen molar-refractivity contribution in [2.75, 3.05) is 18.1 Å². The third-order valence-electron chi connectivity index (χ3n) is 5.17. The first-order valence-corrected chi connectivity index (χ1v) is 11.5. The van der Waals surface area contributed by atoms with E-state index in [9.17, 15) is 14.4 Å². The molecule has 0 spiro atoms. The molecule has 0 atom stereocenters. The predicted molar refractivity (Wildman–Crippen MR) is 125 cm³/mol. The molecule has 0 aliphatic carbocycles. The van der Waals surface area contributed by atoms with Gasteiger partial charge in [0.2, 0.25) is 5.89 Å². The van der Waals surface area contributed by atoms with Crippen LogP contribution >= 0.6 is 0 Å². The first-order chi connectivity index (χ1) is 17.0. The summed E-state index contributed by atoms with van der Waals surface area (Å²) in [7, 11) is 0. The fourth-order valence-electron chi connectivity index (χ4n) is 3.50. The van der Waals surface area contributed by atoms with Crippen LogP contribution in [0.2, 0.25) is 0 Å². The fraction of sp³-hybridized carbons (Fsp3) is 0.320. The Morgan fingerprint density at radius 3 is 2.31 bits per heavy atom. The highest BCUT2D eigenvalue weighted by molar-refractivity contribution is 6.52. The van der Waals surface area contributed by atoms with Crippen LogP contribution in [0.3, 0.4) is 0 Å². The summed E-state index contributed by atoms with van der Waals surface area (Å²) in [6, 6.07) is 13.5. The largest absolute Gasteiger partial charge is 0.490 e. The van der Waals surface area contributed by atoms with E-state index in [4.69, 9.17) is 14.0 Å². The normalized spacial score (nSPS) is 13.6. The molecule has 2 aromatic carbocycles. The Balaban J connectivity index is 1.51. The lowest BCUT2D eigenvalue weighted by molar-refractivity contribution is -0.139. The molecule has 0 N–H and O–H groups in total. The van der Waals surface area contributed by atoms with Gasteiger partial charge >= 0.3 is 17.8 Å². The quantitative estimate of drug-likeness (QED) is 0.302. The van der Waals surface area contributed by atoms with Crippen LogP contribution in [0.4, 0.5) is 10.5 Å². The number of amides is 4. The van der Waals surface area contributed by atoms with Crippen LogP contribution in [0.15, 0.2) is 53.1 Å². The minimum absolute atomic E-state index is 0.0579. The predicted octanol–water partition coefficient (Wildman–Crippen LogP) is 3.73. The van der Waals surface area contributed by atoms with Gasteiger partial charge in [0.05, 0.1) is 18.9 Å². The van der Waals surface area contributed by atoms with E-state index in [-0.39, 0.29) is 18.1 Å². The molecule has 10 heteroatoms. The monoisotopic (exact) mass is 478 g/mol. The number of imide groups is 2. The minimum Gasteiger partial charge on any atom is -0.490 e. The van der Waals surface area contributed by atoms with Gasteiger partial charge in [-0.25, -0.2) is 14.6 Å². The summed E-state index contributed by atoms with van der Waals surface area (Å²) in [4.78, 5) is 44.3. The van der Waals surface area contributed by atoms with Crippen LogP contribution in [-0.4, -0.2) is 46.1 Å².